The lowest BCUT2D eigenvalue weighted by Crippen LogP contribution is -2.46. The van der Waals surface area contributed by atoms with Crippen LogP contribution >= 0.6 is 0 Å². The molecule has 1 aliphatic rings. The van der Waals surface area contributed by atoms with E-state index in [0.717, 1.165) is 56.6 Å². The molecule has 3 aromatic rings. The van der Waals surface area contributed by atoms with Crippen LogP contribution in [0, 0.1) is 0 Å². The van der Waals surface area contributed by atoms with Crippen molar-refractivity contribution in [3.8, 4) is 11.5 Å². The Morgan fingerprint density at radius 3 is 2.57 bits per heavy atom. The van der Waals surface area contributed by atoms with Crippen LogP contribution in [0.3, 0.4) is 0 Å². The van der Waals surface area contributed by atoms with Gasteiger partial charge in [0.15, 0.2) is 0 Å². The van der Waals surface area contributed by atoms with E-state index in [4.69, 9.17) is 4.74 Å². The molecule has 0 bridgehead atoms. The second-order valence-corrected chi connectivity index (χ2v) is 8.45. The number of nitrogens with one attached hydrogen (secondary N) is 3. The van der Waals surface area contributed by atoms with Crippen molar-refractivity contribution in [3.05, 3.63) is 48.8 Å². The number of rotatable bonds is 8. The number of piperazine rings is 1. The summed E-state index contributed by atoms with van der Waals surface area (Å²) in [5.41, 5.74) is 0.786. The van der Waals surface area contributed by atoms with Crippen molar-refractivity contribution >= 4 is 28.8 Å². The predicted octanol–water partition coefficient (Wildman–Crippen LogP) is 3.17. The number of pyridine rings is 1. The van der Waals surface area contributed by atoms with Gasteiger partial charge in [0.2, 0.25) is 0 Å². The first-order chi connectivity index (χ1) is 17.1. The van der Waals surface area contributed by atoms with Crippen LogP contribution < -0.4 is 20.7 Å². The van der Waals surface area contributed by atoms with Gasteiger partial charge in [-0.3, -0.25) is 9.88 Å². The fraction of sp³-hybridized carbons (Fsp3) is 0.400. The van der Waals surface area contributed by atoms with Crippen molar-refractivity contribution in [2.75, 3.05) is 58.2 Å². The Bertz CT molecular complexity index is 1150. The molecule has 0 saturated carbocycles. The van der Waals surface area contributed by atoms with Gasteiger partial charge in [-0.25, -0.2) is 14.6 Å². The molecule has 2 aromatic heterocycles. The van der Waals surface area contributed by atoms with Gasteiger partial charge in [-0.2, -0.15) is 0 Å². The van der Waals surface area contributed by atoms with Crippen molar-refractivity contribution in [3.63, 3.8) is 0 Å². The van der Waals surface area contributed by atoms with Gasteiger partial charge in [-0.05, 0) is 49.8 Å². The fourth-order valence-corrected chi connectivity index (χ4v) is 4.15. The third kappa shape index (κ3) is 6.49. The van der Waals surface area contributed by atoms with Crippen LogP contribution in [0.5, 0.6) is 11.5 Å². The number of carbonyl (C=O) groups excluding carboxylic acids is 2. The highest BCUT2D eigenvalue weighted by atomic mass is 16.5. The molecular formula is C25H33N7O3. The molecule has 1 aliphatic heterocycles. The van der Waals surface area contributed by atoms with Gasteiger partial charge < -0.3 is 25.2 Å². The monoisotopic (exact) mass is 479 g/mol. The standard InChI is InChI=1S/C25H33N7O3/c1-3-30-13-15-31(16-14-30)11-4-9-28-24(33)29-23-18-21(7-10-27-23)35-20-5-6-22-19(17-20)8-12-32(22)25(34)26-2/h5-8,10,12,17-18H,3-4,9,11,13-16H2,1-2H3,(H,26,34)(H2,27,28,29,33). The number of ether oxygens (including phenoxy) is 1. The minimum atomic E-state index is -0.289. The van der Waals surface area contributed by atoms with E-state index in [9.17, 15) is 9.59 Å². The fourth-order valence-electron chi connectivity index (χ4n) is 4.15. The normalized spacial score (nSPS) is 14.6. The summed E-state index contributed by atoms with van der Waals surface area (Å²) in [7, 11) is 1.59. The zero-order valence-electron chi connectivity index (χ0n) is 20.3. The van der Waals surface area contributed by atoms with Gasteiger partial charge in [-0.15, -0.1) is 0 Å². The number of anilines is 1. The average molecular weight is 480 g/mol. The van der Waals surface area contributed by atoms with Gasteiger partial charge in [0.1, 0.15) is 17.3 Å². The van der Waals surface area contributed by atoms with E-state index in [0.29, 0.717) is 23.9 Å². The molecule has 186 valence electrons. The Morgan fingerprint density at radius 1 is 1.03 bits per heavy atom. The molecule has 0 unspecified atom stereocenters. The lowest BCUT2D eigenvalue weighted by molar-refractivity contribution is 0.136. The summed E-state index contributed by atoms with van der Waals surface area (Å²) in [4.78, 5) is 33.3. The first kappa shape index (κ1) is 24.5. The number of hydrogen-bond donors (Lipinski definition) is 3. The number of carbonyl (C=O) groups is 2. The summed E-state index contributed by atoms with van der Waals surface area (Å²) in [5, 5.41) is 9.15. The summed E-state index contributed by atoms with van der Waals surface area (Å²) in [5.74, 6) is 1.57. The highest BCUT2D eigenvalue weighted by Gasteiger charge is 2.15. The number of nitrogens with zero attached hydrogens (tertiary/aromatic N) is 4. The van der Waals surface area contributed by atoms with Gasteiger partial charge in [0, 0.05) is 63.6 Å². The zero-order chi connectivity index (χ0) is 24.6. The summed E-state index contributed by atoms with van der Waals surface area (Å²) < 4.78 is 7.50. The Balaban J connectivity index is 1.25. The molecule has 0 atom stereocenters. The molecule has 3 heterocycles. The number of benzene rings is 1. The van der Waals surface area contributed by atoms with E-state index >= 15 is 0 Å². The first-order valence-electron chi connectivity index (χ1n) is 12.0. The predicted molar refractivity (Wildman–Crippen MR) is 136 cm³/mol. The van der Waals surface area contributed by atoms with Crippen LogP contribution in [-0.4, -0.2) is 84.3 Å². The van der Waals surface area contributed by atoms with Gasteiger partial charge in [-0.1, -0.05) is 6.92 Å². The zero-order valence-corrected chi connectivity index (χ0v) is 20.3. The molecule has 1 fully saturated rings. The summed E-state index contributed by atoms with van der Waals surface area (Å²) in [6.45, 7) is 9.30. The number of amides is 3. The molecular weight excluding hydrogens is 446 g/mol. The number of aromatic nitrogens is 2. The molecule has 0 aliphatic carbocycles. The van der Waals surface area contributed by atoms with Crippen LogP contribution in [0.1, 0.15) is 13.3 Å². The maximum atomic E-state index is 12.3. The summed E-state index contributed by atoms with van der Waals surface area (Å²) in [6.07, 6.45) is 4.20. The lowest BCUT2D eigenvalue weighted by atomic mass is 10.2. The Morgan fingerprint density at radius 2 is 1.80 bits per heavy atom. The molecule has 3 amide bonds. The minimum absolute atomic E-state index is 0.202. The minimum Gasteiger partial charge on any atom is -0.457 e. The molecule has 10 nitrogen and oxygen atoms in total. The second kappa shape index (κ2) is 11.7. The van der Waals surface area contributed by atoms with E-state index in [1.54, 1.807) is 42.2 Å². The molecule has 1 saturated heterocycles. The SMILES string of the molecule is CCN1CCN(CCCNC(=O)Nc2cc(Oc3ccc4c(ccn4C(=O)NC)c3)ccn2)CC1. The number of fused-ring (bicyclic) bond motifs is 1. The van der Waals surface area contributed by atoms with E-state index in [-0.39, 0.29) is 12.1 Å². The maximum Gasteiger partial charge on any atom is 0.325 e. The maximum absolute atomic E-state index is 12.3. The highest BCUT2D eigenvalue weighted by Crippen LogP contribution is 2.27. The molecule has 4 rings (SSSR count). The molecule has 35 heavy (non-hydrogen) atoms. The molecule has 0 spiro atoms. The van der Waals surface area contributed by atoms with Crippen molar-refractivity contribution in [1.29, 1.82) is 0 Å². The Hall–Kier alpha value is -3.63. The molecule has 10 heteroatoms. The number of hydrogen-bond acceptors (Lipinski definition) is 6. The van der Waals surface area contributed by atoms with Crippen LogP contribution in [0.25, 0.3) is 10.9 Å². The molecule has 3 N–H and O–H groups in total. The van der Waals surface area contributed by atoms with E-state index in [1.165, 1.54) is 0 Å². The van der Waals surface area contributed by atoms with Crippen molar-refractivity contribution < 1.29 is 14.3 Å². The lowest BCUT2D eigenvalue weighted by Gasteiger charge is -2.33. The third-order valence-corrected chi connectivity index (χ3v) is 6.15. The van der Waals surface area contributed by atoms with Gasteiger partial charge >= 0.3 is 12.1 Å². The summed E-state index contributed by atoms with van der Waals surface area (Å²) >= 11 is 0. The van der Waals surface area contributed by atoms with Crippen LogP contribution in [0.2, 0.25) is 0 Å². The van der Waals surface area contributed by atoms with Crippen LogP contribution in [0.15, 0.2) is 48.8 Å². The van der Waals surface area contributed by atoms with Gasteiger partial charge in [0.25, 0.3) is 0 Å². The van der Waals surface area contributed by atoms with Gasteiger partial charge in [0.05, 0.1) is 5.52 Å². The first-order valence-corrected chi connectivity index (χ1v) is 12.0. The van der Waals surface area contributed by atoms with Crippen molar-refractivity contribution in [2.45, 2.75) is 13.3 Å². The number of urea groups is 1. The van der Waals surface area contributed by atoms with Crippen LogP contribution in [-0.2, 0) is 0 Å². The second-order valence-electron chi connectivity index (χ2n) is 8.45. The van der Waals surface area contributed by atoms with Crippen molar-refractivity contribution in [2.24, 2.45) is 0 Å². The topological polar surface area (TPSA) is 104 Å². The quantitative estimate of drug-likeness (QED) is 0.429. The summed E-state index contributed by atoms with van der Waals surface area (Å²) in [6, 6.07) is 10.2. The smallest absolute Gasteiger partial charge is 0.325 e. The Labute approximate surface area is 205 Å². The molecule has 0 radical (unpaired) electrons. The average Bonchev–Trinajstić information content (AvgIpc) is 3.30. The Kier molecular flexibility index (Phi) is 8.17. The molecule has 1 aromatic carbocycles. The third-order valence-electron chi connectivity index (χ3n) is 6.15. The van der Waals surface area contributed by atoms with E-state index in [1.807, 2.05) is 18.2 Å². The van der Waals surface area contributed by atoms with E-state index < -0.39 is 0 Å². The van der Waals surface area contributed by atoms with Crippen molar-refractivity contribution in [1.82, 2.24) is 30.0 Å². The number of likely N-dealkylation sites (N-methyl/N-ethyl adjacent to an activating group) is 1. The highest BCUT2D eigenvalue weighted by molar-refractivity contribution is 5.92. The van der Waals surface area contributed by atoms with E-state index in [2.05, 4.69) is 37.7 Å². The van der Waals surface area contributed by atoms with Crippen LogP contribution in [0.4, 0.5) is 15.4 Å². The largest absolute Gasteiger partial charge is 0.457 e.